The van der Waals surface area contributed by atoms with Crippen molar-refractivity contribution >= 4 is 11.8 Å². The number of hydrogen-bond donors (Lipinski definition) is 0. The van der Waals surface area contributed by atoms with E-state index in [1.807, 2.05) is 23.9 Å². The molecule has 0 N–H and O–H groups in total. The molecule has 2 rings (SSSR count). The Morgan fingerprint density at radius 2 is 2.25 bits per heavy atom. The molecule has 0 bridgehead atoms. The van der Waals surface area contributed by atoms with E-state index >= 15 is 0 Å². The lowest BCUT2D eigenvalue weighted by molar-refractivity contribution is 0.793. The van der Waals surface area contributed by atoms with Crippen LogP contribution in [0.25, 0.3) is 0 Å². The number of hydrogen-bond acceptors (Lipinski definition) is 2. The van der Waals surface area contributed by atoms with E-state index in [2.05, 4.69) is 18.2 Å². The van der Waals surface area contributed by atoms with E-state index in [0.29, 0.717) is 0 Å². The second kappa shape index (κ2) is 3.20. The molecule has 2 heteroatoms. The Bertz CT molecular complexity index is 327. The van der Waals surface area contributed by atoms with Crippen LogP contribution in [-0.2, 0) is 0 Å². The van der Waals surface area contributed by atoms with Crippen molar-refractivity contribution in [3.05, 3.63) is 29.8 Å². The number of nitriles is 1. The molecule has 1 aliphatic rings. The highest BCUT2D eigenvalue weighted by molar-refractivity contribution is 7.99. The van der Waals surface area contributed by atoms with Gasteiger partial charge in [0.25, 0.3) is 0 Å². The SMILES string of the molecule is N#C[C@H]1CCSc2ccccc21. The lowest BCUT2D eigenvalue weighted by Gasteiger charge is -2.18. The first-order valence-electron chi connectivity index (χ1n) is 4.03. The van der Waals surface area contributed by atoms with Gasteiger partial charge in [0.1, 0.15) is 0 Å². The van der Waals surface area contributed by atoms with E-state index in [1.54, 1.807) is 0 Å². The molecule has 0 radical (unpaired) electrons. The largest absolute Gasteiger partial charge is 0.198 e. The van der Waals surface area contributed by atoms with Gasteiger partial charge in [-0.2, -0.15) is 5.26 Å². The van der Waals surface area contributed by atoms with Crippen LogP contribution in [0.4, 0.5) is 0 Å². The lowest BCUT2D eigenvalue weighted by Crippen LogP contribution is -2.04. The summed E-state index contributed by atoms with van der Waals surface area (Å²) in [5.41, 5.74) is 1.22. The molecule has 0 saturated carbocycles. The third kappa shape index (κ3) is 1.21. The molecule has 1 heterocycles. The van der Waals surface area contributed by atoms with E-state index in [-0.39, 0.29) is 5.92 Å². The Morgan fingerprint density at radius 3 is 3.08 bits per heavy atom. The highest BCUT2D eigenvalue weighted by Crippen LogP contribution is 2.36. The summed E-state index contributed by atoms with van der Waals surface area (Å²) in [4.78, 5) is 1.29. The predicted molar refractivity (Wildman–Crippen MR) is 50.1 cm³/mol. The minimum absolute atomic E-state index is 0.127. The van der Waals surface area contributed by atoms with Gasteiger partial charge in [0, 0.05) is 4.90 Å². The molecule has 1 aliphatic heterocycles. The summed E-state index contributed by atoms with van der Waals surface area (Å²) in [5.74, 6) is 1.21. The number of thioether (sulfide) groups is 1. The quantitative estimate of drug-likeness (QED) is 0.605. The van der Waals surface area contributed by atoms with E-state index in [4.69, 9.17) is 5.26 Å². The zero-order chi connectivity index (χ0) is 8.39. The molecule has 0 unspecified atom stereocenters. The second-order valence-electron chi connectivity index (χ2n) is 2.86. The van der Waals surface area contributed by atoms with Crippen molar-refractivity contribution in [3.63, 3.8) is 0 Å². The average molecular weight is 175 g/mol. The second-order valence-corrected chi connectivity index (χ2v) is 3.99. The van der Waals surface area contributed by atoms with E-state index in [0.717, 1.165) is 12.2 Å². The summed E-state index contributed by atoms with van der Waals surface area (Å²) in [6.07, 6.45) is 0.998. The van der Waals surface area contributed by atoms with E-state index in [1.165, 1.54) is 10.5 Å². The van der Waals surface area contributed by atoms with Crippen molar-refractivity contribution in [2.75, 3.05) is 5.75 Å². The van der Waals surface area contributed by atoms with Crippen LogP contribution >= 0.6 is 11.8 Å². The molecule has 0 spiro atoms. The zero-order valence-electron chi connectivity index (χ0n) is 6.66. The molecular formula is C10H9NS. The lowest BCUT2D eigenvalue weighted by atomic mass is 9.98. The molecule has 0 aliphatic carbocycles. The molecule has 1 aromatic rings. The number of rotatable bonds is 0. The molecule has 0 aromatic heterocycles. The molecule has 1 aromatic carbocycles. The first kappa shape index (κ1) is 7.70. The topological polar surface area (TPSA) is 23.8 Å². The van der Waals surface area contributed by atoms with Gasteiger partial charge in [0.2, 0.25) is 0 Å². The molecule has 1 atom stereocenters. The van der Waals surface area contributed by atoms with Crippen LogP contribution in [0.1, 0.15) is 17.9 Å². The highest BCUT2D eigenvalue weighted by Gasteiger charge is 2.18. The Labute approximate surface area is 76.4 Å². The summed E-state index contributed by atoms with van der Waals surface area (Å²) in [6.45, 7) is 0. The standard InChI is InChI=1S/C10H9NS/c11-7-8-5-6-12-10-4-2-1-3-9(8)10/h1-4,8H,5-6H2/t8-/m1/s1. The fourth-order valence-corrected chi connectivity index (χ4v) is 2.60. The van der Waals surface area contributed by atoms with Crippen LogP contribution in [0, 0.1) is 11.3 Å². The third-order valence-electron chi connectivity index (χ3n) is 2.11. The van der Waals surface area contributed by atoms with Crippen LogP contribution in [0.3, 0.4) is 0 Å². The van der Waals surface area contributed by atoms with Gasteiger partial charge in [-0.25, -0.2) is 0 Å². The number of fused-ring (bicyclic) bond motifs is 1. The van der Waals surface area contributed by atoms with Crippen LogP contribution < -0.4 is 0 Å². The Hall–Kier alpha value is -0.940. The monoisotopic (exact) mass is 175 g/mol. The van der Waals surface area contributed by atoms with E-state index in [9.17, 15) is 0 Å². The first-order valence-corrected chi connectivity index (χ1v) is 5.01. The summed E-state index contributed by atoms with van der Waals surface area (Å²) in [5, 5.41) is 8.88. The molecule has 60 valence electrons. The minimum atomic E-state index is 0.127. The van der Waals surface area contributed by atoms with Crippen molar-refractivity contribution in [2.24, 2.45) is 0 Å². The minimum Gasteiger partial charge on any atom is -0.198 e. The van der Waals surface area contributed by atoms with Gasteiger partial charge >= 0.3 is 0 Å². The molecule has 0 amide bonds. The molecule has 0 saturated heterocycles. The third-order valence-corrected chi connectivity index (χ3v) is 3.24. The molecule has 1 nitrogen and oxygen atoms in total. The van der Waals surface area contributed by atoms with Gasteiger partial charge < -0.3 is 0 Å². The molecule has 12 heavy (non-hydrogen) atoms. The van der Waals surface area contributed by atoms with Crippen molar-refractivity contribution in [1.82, 2.24) is 0 Å². The Balaban J connectivity index is 2.45. The van der Waals surface area contributed by atoms with E-state index < -0.39 is 0 Å². The molecule has 0 fully saturated rings. The summed E-state index contributed by atoms with van der Waals surface area (Å²) in [6, 6.07) is 10.6. The highest BCUT2D eigenvalue weighted by atomic mass is 32.2. The Morgan fingerprint density at radius 1 is 1.42 bits per heavy atom. The maximum Gasteiger partial charge on any atom is 0.0731 e. The smallest absolute Gasteiger partial charge is 0.0731 e. The van der Waals surface area contributed by atoms with Gasteiger partial charge in [0.05, 0.1) is 12.0 Å². The van der Waals surface area contributed by atoms with Crippen LogP contribution in [-0.4, -0.2) is 5.75 Å². The van der Waals surface area contributed by atoms with Crippen molar-refractivity contribution in [1.29, 1.82) is 5.26 Å². The summed E-state index contributed by atoms with van der Waals surface area (Å²) in [7, 11) is 0. The first-order chi connectivity index (χ1) is 5.92. The Kier molecular flexibility index (Phi) is 2.05. The maximum absolute atomic E-state index is 8.88. The number of nitrogens with zero attached hydrogens (tertiary/aromatic N) is 1. The summed E-state index contributed by atoms with van der Waals surface area (Å²) >= 11 is 1.86. The molecular weight excluding hydrogens is 166 g/mol. The van der Waals surface area contributed by atoms with Gasteiger partial charge in [-0.3, -0.25) is 0 Å². The fourth-order valence-electron chi connectivity index (χ4n) is 1.48. The normalized spacial score (nSPS) is 21.1. The van der Waals surface area contributed by atoms with Crippen molar-refractivity contribution in [3.8, 4) is 6.07 Å². The van der Waals surface area contributed by atoms with Crippen LogP contribution in [0.15, 0.2) is 29.2 Å². The maximum atomic E-state index is 8.88. The number of benzene rings is 1. The van der Waals surface area contributed by atoms with Crippen LogP contribution in [0.5, 0.6) is 0 Å². The zero-order valence-corrected chi connectivity index (χ0v) is 7.47. The predicted octanol–water partition coefficient (Wildman–Crippen LogP) is 2.79. The average Bonchev–Trinajstić information content (AvgIpc) is 2.17. The van der Waals surface area contributed by atoms with Crippen LogP contribution in [0.2, 0.25) is 0 Å². The van der Waals surface area contributed by atoms with Gasteiger partial charge in [0.15, 0.2) is 0 Å². The van der Waals surface area contributed by atoms with Gasteiger partial charge in [-0.1, -0.05) is 18.2 Å². The van der Waals surface area contributed by atoms with Crippen molar-refractivity contribution in [2.45, 2.75) is 17.2 Å². The van der Waals surface area contributed by atoms with Crippen molar-refractivity contribution < 1.29 is 0 Å². The van der Waals surface area contributed by atoms with Gasteiger partial charge in [-0.05, 0) is 23.8 Å². The summed E-state index contributed by atoms with van der Waals surface area (Å²) < 4.78 is 0. The van der Waals surface area contributed by atoms with Gasteiger partial charge in [-0.15, -0.1) is 11.8 Å². The fraction of sp³-hybridized carbons (Fsp3) is 0.300.